The van der Waals surface area contributed by atoms with Crippen molar-refractivity contribution in [3.8, 4) is 11.5 Å². The molecule has 0 amide bonds. The molecule has 190 valence electrons. The van der Waals surface area contributed by atoms with Crippen LogP contribution in [0.5, 0.6) is 11.5 Å². The van der Waals surface area contributed by atoms with E-state index in [1.54, 1.807) is 12.1 Å². The largest absolute Gasteiger partial charge is 0.490 e. The number of carboxylic acid groups (broad SMARTS) is 1. The first-order chi connectivity index (χ1) is 17.5. The Hall–Kier alpha value is -3.13. The van der Waals surface area contributed by atoms with E-state index in [4.69, 9.17) is 37.4 Å². The van der Waals surface area contributed by atoms with Crippen LogP contribution in [-0.4, -0.2) is 44.0 Å². The SMILES string of the molecule is CCOc1cc(CNc2ccc(N3CCOCC3)c(C(=O)O)c2)cc(Cl)c1OCc1ccccc1Cl. The van der Waals surface area contributed by atoms with Gasteiger partial charge in [-0.25, -0.2) is 4.79 Å². The number of nitrogens with zero attached hydrogens (tertiary/aromatic N) is 1. The quantitative estimate of drug-likeness (QED) is 0.326. The van der Waals surface area contributed by atoms with E-state index in [0.717, 1.165) is 11.1 Å². The summed E-state index contributed by atoms with van der Waals surface area (Å²) >= 11 is 12.8. The number of aromatic carboxylic acids is 1. The van der Waals surface area contributed by atoms with E-state index in [1.807, 2.05) is 54.3 Å². The number of carboxylic acids is 1. The third-order valence-corrected chi connectivity index (χ3v) is 6.42. The predicted octanol–water partition coefficient (Wildman–Crippen LogP) is 6.12. The molecule has 3 aromatic carbocycles. The maximum atomic E-state index is 11.9. The van der Waals surface area contributed by atoms with Crippen LogP contribution in [0.1, 0.15) is 28.4 Å². The van der Waals surface area contributed by atoms with Gasteiger partial charge >= 0.3 is 5.97 Å². The number of ether oxygens (including phenoxy) is 3. The lowest BCUT2D eigenvalue weighted by molar-refractivity contribution is 0.0696. The van der Waals surface area contributed by atoms with E-state index >= 15 is 0 Å². The lowest BCUT2D eigenvalue weighted by atomic mass is 10.1. The lowest BCUT2D eigenvalue weighted by Gasteiger charge is -2.30. The number of morpholine rings is 1. The van der Waals surface area contributed by atoms with Crippen LogP contribution in [0.3, 0.4) is 0 Å². The van der Waals surface area contributed by atoms with Crippen LogP contribution in [0.15, 0.2) is 54.6 Å². The fourth-order valence-corrected chi connectivity index (χ4v) is 4.47. The highest BCUT2D eigenvalue weighted by Gasteiger charge is 2.19. The van der Waals surface area contributed by atoms with Crippen molar-refractivity contribution in [2.24, 2.45) is 0 Å². The van der Waals surface area contributed by atoms with Gasteiger partial charge in [0.2, 0.25) is 0 Å². The molecule has 7 nitrogen and oxygen atoms in total. The van der Waals surface area contributed by atoms with Crippen LogP contribution in [0.2, 0.25) is 10.0 Å². The topological polar surface area (TPSA) is 80.3 Å². The van der Waals surface area contributed by atoms with Crippen molar-refractivity contribution in [3.05, 3.63) is 81.3 Å². The van der Waals surface area contributed by atoms with E-state index in [2.05, 4.69) is 5.32 Å². The Balaban J connectivity index is 1.49. The standard InChI is InChI=1S/C27H28Cl2N2O5/c1-2-35-25-14-18(13-23(29)26(25)36-17-19-5-3-4-6-22(19)28)16-30-20-7-8-24(21(15-20)27(32)33)31-9-11-34-12-10-31/h3-8,13-15,30H,2,9-12,16-17H2,1H3,(H,32,33). The smallest absolute Gasteiger partial charge is 0.337 e. The summed E-state index contributed by atoms with van der Waals surface area (Å²) in [5.74, 6) is 0.00907. The van der Waals surface area contributed by atoms with Gasteiger partial charge in [-0.2, -0.15) is 0 Å². The minimum absolute atomic E-state index is 0.248. The second kappa shape index (κ2) is 12.2. The molecule has 0 atom stereocenters. The highest BCUT2D eigenvalue weighted by atomic mass is 35.5. The van der Waals surface area contributed by atoms with Gasteiger partial charge in [-0.3, -0.25) is 0 Å². The Labute approximate surface area is 220 Å². The van der Waals surface area contributed by atoms with E-state index in [-0.39, 0.29) is 12.2 Å². The fourth-order valence-electron chi connectivity index (χ4n) is 3.99. The van der Waals surface area contributed by atoms with Crippen molar-refractivity contribution in [2.75, 3.05) is 43.1 Å². The Morgan fingerprint density at radius 3 is 2.56 bits per heavy atom. The molecule has 1 heterocycles. The molecular formula is C27H28Cl2N2O5. The Morgan fingerprint density at radius 2 is 1.83 bits per heavy atom. The number of rotatable bonds is 10. The third-order valence-electron chi connectivity index (χ3n) is 5.77. The van der Waals surface area contributed by atoms with Gasteiger partial charge in [-0.15, -0.1) is 0 Å². The lowest BCUT2D eigenvalue weighted by Crippen LogP contribution is -2.37. The molecule has 0 spiro atoms. The monoisotopic (exact) mass is 530 g/mol. The molecule has 1 saturated heterocycles. The van der Waals surface area contributed by atoms with Crippen molar-refractivity contribution < 1.29 is 24.1 Å². The van der Waals surface area contributed by atoms with Crippen molar-refractivity contribution >= 4 is 40.5 Å². The predicted molar refractivity (Wildman–Crippen MR) is 142 cm³/mol. The Morgan fingerprint density at radius 1 is 1.06 bits per heavy atom. The first-order valence-corrected chi connectivity index (χ1v) is 12.5. The van der Waals surface area contributed by atoms with Gasteiger partial charge in [0.1, 0.15) is 6.61 Å². The van der Waals surface area contributed by atoms with E-state index in [1.165, 1.54) is 0 Å². The molecule has 1 aliphatic heterocycles. The number of halogens is 2. The fraction of sp³-hybridized carbons (Fsp3) is 0.296. The minimum atomic E-state index is -0.971. The molecule has 0 aliphatic carbocycles. The first-order valence-electron chi connectivity index (χ1n) is 11.7. The molecule has 3 aromatic rings. The highest BCUT2D eigenvalue weighted by molar-refractivity contribution is 6.32. The van der Waals surface area contributed by atoms with Crippen molar-refractivity contribution in [1.82, 2.24) is 0 Å². The zero-order valence-corrected chi connectivity index (χ0v) is 21.4. The van der Waals surface area contributed by atoms with Crippen LogP contribution in [0.25, 0.3) is 0 Å². The Kier molecular flexibility index (Phi) is 8.80. The molecule has 0 saturated carbocycles. The summed E-state index contributed by atoms with van der Waals surface area (Å²) in [5, 5.41) is 14.1. The molecule has 0 aromatic heterocycles. The number of anilines is 2. The first kappa shape index (κ1) is 25.9. The zero-order chi connectivity index (χ0) is 25.5. The third kappa shape index (κ3) is 6.35. The molecular weight excluding hydrogens is 503 g/mol. The number of carbonyl (C=O) groups is 1. The van der Waals surface area contributed by atoms with Crippen molar-refractivity contribution in [1.29, 1.82) is 0 Å². The van der Waals surface area contributed by atoms with Crippen LogP contribution < -0.4 is 19.7 Å². The summed E-state index contributed by atoms with van der Waals surface area (Å²) in [4.78, 5) is 14.0. The second-order valence-electron chi connectivity index (χ2n) is 8.21. The summed E-state index contributed by atoms with van der Waals surface area (Å²) in [6, 6.07) is 16.5. The molecule has 2 N–H and O–H groups in total. The zero-order valence-electron chi connectivity index (χ0n) is 19.9. The number of hydrogen-bond donors (Lipinski definition) is 2. The summed E-state index contributed by atoms with van der Waals surface area (Å²) in [5.41, 5.74) is 3.34. The minimum Gasteiger partial charge on any atom is -0.490 e. The maximum Gasteiger partial charge on any atom is 0.337 e. The van der Waals surface area contributed by atoms with Crippen LogP contribution in [0.4, 0.5) is 11.4 Å². The summed E-state index contributed by atoms with van der Waals surface area (Å²) in [6.07, 6.45) is 0. The highest BCUT2D eigenvalue weighted by Crippen LogP contribution is 2.38. The number of hydrogen-bond acceptors (Lipinski definition) is 6. The molecule has 0 bridgehead atoms. The van der Waals surface area contributed by atoms with Crippen molar-refractivity contribution in [2.45, 2.75) is 20.1 Å². The average Bonchev–Trinajstić information content (AvgIpc) is 2.88. The molecule has 4 rings (SSSR count). The van der Waals surface area contributed by atoms with E-state index < -0.39 is 5.97 Å². The van der Waals surface area contributed by atoms with Gasteiger partial charge < -0.3 is 29.5 Å². The number of nitrogens with one attached hydrogen (secondary N) is 1. The Bertz CT molecular complexity index is 1210. The summed E-state index contributed by atoms with van der Waals surface area (Å²) in [7, 11) is 0. The van der Waals surface area contributed by atoms with Gasteiger partial charge in [-0.05, 0) is 48.9 Å². The van der Waals surface area contributed by atoms with Gasteiger partial charge in [0, 0.05) is 35.9 Å². The van der Waals surface area contributed by atoms with Crippen molar-refractivity contribution in [3.63, 3.8) is 0 Å². The average molecular weight is 531 g/mol. The normalized spacial score (nSPS) is 13.4. The van der Waals surface area contributed by atoms with Crippen LogP contribution in [-0.2, 0) is 17.9 Å². The van der Waals surface area contributed by atoms with E-state index in [0.29, 0.717) is 72.4 Å². The second-order valence-corrected chi connectivity index (χ2v) is 9.02. The number of benzene rings is 3. The molecule has 1 aliphatic rings. The van der Waals surface area contributed by atoms with Crippen LogP contribution in [0, 0.1) is 0 Å². The molecule has 36 heavy (non-hydrogen) atoms. The maximum absolute atomic E-state index is 11.9. The summed E-state index contributed by atoms with van der Waals surface area (Å²) < 4.78 is 17.2. The van der Waals surface area contributed by atoms with Gasteiger partial charge in [0.05, 0.1) is 36.1 Å². The van der Waals surface area contributed by atoms with E-state index in [9.17, 15) is 9.90 Å². The molecule has 0 radical (unpaired) electrons. The van der Waals surface area contributed by atoms with Gasteiger partial charge in [0.25, 0.3) is 0 Å². The van der Waals surface area contributed by atoms with Gasteiger partial charge in [0.15, 0.2) is 11.5 Å². The molecule has 1 fully saturated rings. The molecule has 0 unspecified atom stereocenters. The summed E-state index contributed by atoms with van der Waals surface area (Å²) in [6.45, 7) is 5.50. The van der Waals surface area contributed by atoms with Crippen LogP contribution >= 0.6 is 23.2 Å². The van der Waals surface area contributed by atoms with Gasteiger partial charge in [-0.1, -0.05) is 41.4 Å². The molecule has 9 heteroatoms.